The summed E-state index contributed by atoms with van der Waals surface area (Å²) in [6.45, 7) is 5.86. The molecule has 1 spiro atoms. The Morgan fingerprint density at radius 1 is 1.07 bits per heavy atom. The summed E-state index contributed by atoms with van der Waals surface area (Å²) in [4.78, 5) is 32.6. The minimum absolute atomic E-state index is 0.0160. The molecular formula is C29H46N4O6S. The van der Waals surface area contributed by atoms with Crippen molar-refractivity contribution in [1.82, 2.24) is 19.3 Å². The first-order valence-corrected chi connectivity index (χ1v) is 16.7. The average molecular weight is 579 g/mol. The molecule has 224 valence electrons. The Labute approximate surface area is 238 Å². The summed E-state index contributed by atoms with van der Waals surface area (Å²) in [7, 11) is -3.00. The fourth-order valence-corrected chi connectivity index (χ4v) is 8.54. The molecule has 1 atom stereocenters. The number of hydrogen-bond donors (Lipinski definition) is 1. The minimum atomic E-state index is -4.50. The number of likely N-dealkylation sites (tertiary alicyclic amines) is 2. The van der Waals surface area contributed by atoms with Crippen LogP contribution in [0.1, 0.15) is 94.3 Å². The highest BCUT2D eigenvalue weighted by atomic mass is 32.2. The van der Waals surface area contributed by atoms with Gasteiger partial charge in [0.05, 0.1) is 11.6 Å². The second kappa shape index (κ2) is 12.0. The number of unbranched alkanes of at least 4 members (excludes halogenated alkanes) is 1. The van der Waals surface area contributed by atoms with E-state index >= 15 is 0 Å². The van der Waals surface area contributed by atoms with E-state index in [-0.39, 0.29) is 28.6 Å². The minimum Gasteiger partial charge on any atom is -0.440 e. The Kier molecular flexibility index (Phi) is 8.83. The van der Waals surface area contributed by atoms with Crippen molar-refractivity contribution >= 4 is 22.1 Å². The lowest BCUT2D eigenvalue weighted by atomic mass is 9.80. The number of carbonyl (C=O) groups is 2. The summed E-state index contributed by atoms with van der Waals surface area (Å²) in [5, 5.41) is -0.359. The molecule has 40 heavy (non-hydrogen) atoms. The number of piperidine rings is 2. The molecule has 0 aromatic carbocycles. The van der Waals surface area contributed by atoms with E-state index in [1.54, 1.807) is 4.90 Å². The van der Waals surface area contributed by atoms with Gasteiger partial charge in [-0.15, -0.1) is 0 Å². The lowest BCUT2D eigenvalue weighted by Gasteiger charge is -2.46. The number of amides is 2. The van der Waals surface area contributed by atoms with Gasteiger partial charge in [-0.3, -0.25) is 14.2 Å². The topological polar surface area (TPSA) is 112 Å². The van der Waals surface area contributed by atoms with Gasteiger partial charge in [0, 0.05) is 64.9 Å². The van der Waals surface area contributed by atoms with E-state index in [2.05, 4.69) is 16.7 Å². The third kappa shape index (κ3) is 5.92. The van der Waals surface area contributed by atoms with Gasteiger partial charge in [-0.2, -0.15) is 8.42 Å². The van der Waals surface area contributed by atoms with Crippen LogP contribution in [0.2, 0.25) is 0 Å². The van der Waals surface area contributed by atoms with Gasteiger partial charge >= 0.3 is 16.2 Å². The highest BCUT2D eigenvalue weighted by Crippen LogP contribution is 2.43. The van der Waals surface area contributed by atoms with Crippen LogP contribution in [0, 0.1) is 5.92 Å². The lowest BCUT2D eigenvalue weighted by Crippen LogP contribution is -2.56. The molecule has 1 saturated carbocycles. The molecule has 4 fully saturated rings. The average Bonchev–Trinajstić information content (AvgIpc) is 3.45. The molecular weight excluding hydrogens is 532 g/mol. The Bertz CT molecular complexity index is 1160. The van der Waals surface area contributed by atoms with Crippen molar-refractivity contribution in [2.45, 2.75) is 107 Å². The molecule has 3 aliphatic heterocycles. The Hall–Kier alpha value is -2.11. The number of aryl methyl sites for hydroxylation is 1. The third-order valence-corrected chi connectivity index (χ3v) is 10.9. The zero-order valence-corrected chi connectivity index (χ0v) is 24.9. The largest absolute Gasteiger partial charge is 0.440 e. The Balaban J connectivity index is 1.18. The molecule has 11 heteroatoms. The highest BCUT2D eigenvalue weighted by Gasteiger charge is 2.55. The zero-order chi connectivity index (χ0) is 28.5. The van der Waals surface area contributed by atoms with Crippen LogP contribution in [0.4, 0.5) is 4.79 Å². The third-order valence-electron chi connectivity index (χ3n) is 9.92. The van der Waals surface area contributed by atoms with E-state index in [0.29, 0.717) is 25.0 Å². The van der Waals surface area contributed by atoms with Crippen molar-refractivity contribution in [2.75, 3.05) is 32.7 Å². The smallest absolute Gasteiger partial charge is 0.410 e. The molecule has 1 N–H and O–H groups in total. The molecule has 10 nitrogen and oxygen atoms in total. The molecule has 5 rings (SSSR count). The number of nitrogens with zero attached hydrogens (tertiary/aromatic N) is 4. The summed E-state index contributed by atoms with van der Waals surface area (Å²) in [5.41, 5.74) is -0.379. The number of rotatable bonds is 8. The van der Waals surface area contributed by atoms with E-state index in [9.17, 15) is 22.6 Å². The maximum atomic E-state index is 13.2. The van der Waals surface area contributed by atoms with E-state index in [0.717, 1.165) is 64.6 Å². The molecule has 0 radical (unpaired) electrons. The maximum absolute atomic E-state index is 13.2. The van der Waals surface area contributed by atoms with Crippen LogP contribution in [0.5, 0.6) is 0 Å². The normalized spacial score (nSPS) is 25.1. The van der Waals surface area contributed by atoms with Gasteiger partial charge < -0.3 is 19.1 Å². The van der Waals surface area contributed by atoms with Gasteiger partial charge in [0.1, 0.15) is 5.60 Å². The molecule has 1 aromatic heterocycles. The van der Waals surface area contributed by atoms with Gasteiger partial charge in [-0.1, -0.05) is 39.0 Å². The van der Waals surface area contributed by atoms with E-state index < -0.39 is 15.7 Å². The maximum Gasteiger partial charge on any atom is 0.410 e. The molecule has 1 unspecified atom stereocenters. The second-order valence-corrected chi connectivity index (χ2v) is 13.8. The molecule has 4 heterocycles. The quantitative estimate of drug-likeness (QED) is 0.458. The Morgan fingerprint density at radius 2 is 1.75 bits per heavy atom. The van der Waals surface area contributed by atoms with Crippen LogP contribution in [-0.2, 0) is 21.9 Å². The molecule has 1 aromatic rings. The van der Waals surface area contributed by atoms with Crippen LogP contribution in [0.15, 0.2) is 17.3 Å². The standard InChI is InChI=1S/C29H46N4O6S/c1-3-4-10-25-29(39-28(35)33(25)21-22-8-6-5-7-9-22)14-19-31(20-15-29)23-11-17-32(18-12-23)26(34)24-13-16-30(2)27(24)40(36,37)38/h13,16,22-23,25H,3-12,14-15,17-21H2,1-2H3,(H,36,37,38). The highest BCUT2D eigenvalue weighted by molar-refractivity contribution is 7.85. The van der Waals surface area contributed by atoms with Crippen LogP contribution in [0.3, 0.4) is 0 Å². The van der Waals surface area contributed by atoms with Gasteiger partial charge in [0.25, 0.3) is 5.91 Å². The number of aromatic nitrogens is 1. The van der Waals surface area contributed by atoms with E-state index in [1.165, 1.54) is 56.0 Å². The zero-order valence-electron chi connectivity index (χ0n) is 24.1. The van der Waals surface area contributed by atoms with Crippen LogP contribution in [0.25, 0.3) is 0 Å². The van der Waals surface area contributed by atoms with Crippen LogP contribution < -0.4 is 0 Å². The van der Waals surface area contributed by atoms with E-state index in [1.807, 2.05) is 0 Å². The van der Waals surface area contributed by atoms with Gasteiger partial charge in [0.15, 0.2) is 5.03 Å². The van der Waals surface area contributed by atoms with Crippen molar-refractivity contribution in [2.24, 2.45) is 13.0 Å². The van der Waals surface area contributed by atoms with Crippen molar-refractivity contribution in [3.63, 3.8) is 0 Å². The van der Waals surface area contributed by atoms with Gasteiger partial charge in [-0.05, 0) is 44.1 Å². The van der Waals surface area contributed by atoms with Crippen LogP contribution >= 0.6 is 0 Å². The summed E-state index contributed by atoms with van der Waals surface area (Å²) in [6.07, 6.45) is 14.1. The SMILES string of the molecule is CCCCC1N(CC2CCCCC2)C(=O)OC12CCN(C1CCN(C(=O)c3ccn(C)c3S(=O)(=O)O)CC1)CC2. The first kappa shape index (κ1) is 29.4. The molecule has 4 aliphatic rings. The number of hydrogen-bond acceptors (Lipinski definition) is 6. The summed E-state index contributed by atoms with van der Waals surface area (Å²) < 4.78 is 40.8. The Morgan fingerprint density at radius 3 is 2.38 bits per heavy atom. The van der Waals surface area contributed by atoms with Crippen molar-refractivity contribution in [1.29, 1.82) is 0 Å². The van der Waals surface area contributed by atoms with Crippen molar-refractivity contribution in [3.8, 4) is 0 Å². The van der Waals surface area contributed by atoms with Gasteiger partial charge in [-0.25, -0.2) is 4.79 Å². The van der Waals surface area contributed by atoms with Crippen molar-refractivity contribution < 1.29 is 27.3 Å². The number of ether oxygens (including phenoxy) is 1. The first-order chi connectivity index (χ1) is 19.1. The van der Waals surface area contributed by atoms with Crippen molar-refractivity contribution in [3.05, 3.63) is 17.8 Å². The molecule has 1 aliphatic carbocycles. The summed E-state index contributed by atoms with van der Waals surface area (Å²) >= 11 is 0. The summed E-state index contributed by atoms with van der Waals surface area (Å²) in [6, 6.07) is 1.95. The fraction of sp³-hybridized carbons (Fsp3) is 0.793. The van der Waals surface area contributed by atoms with Crippen LogP contribution in [-0.4, -0.2) is 94.6 Å². The predicted molar refractivity (Wildman–Crippen MR) is 151 cm³/mol. The van der Waals surface area contributed by atoms with E-state index in [4.69, 9.17) is 4.74 Å². The monoisotopic (exact) mass is 578 g/mol. The predicted octanol–water partition coefficient (Wildman–Crippen LogP) is 4.30. The summed E-state index contributed by atoms with van der Waals surface area (Å²) in [5.74, 6) is 0.233. The second-order valence-electron chi connectivity index (χ2n) is 12.4. The fourth-order valence-electron chi connectivity index (χ4n) is 7.68. The molecule has 2 amide bonds. The number of carbonyl (C=O) groups excluding carboxylic acids is 2. The molecule has 3 saturated heterocycles. The molecule has 0 bridgehead atoms. The first-order valence-electron chi connectivity index (χ1n) is 15.3. The lowest BCUT2D eigenvalue weighted by molar-refractivity contribution is -0.0386. The van der Waals surface area contributed by atoms with Gasteiger partial charge in [0.2, 0.25) is 0 Å².